The van der Waals surface area contributed by atoms with Crippen molar-refractivity contribution in [1.82, 2.24) is 0 Å². The predicted molar refractivity (Wildman–Crippen MR) is 122 cm³/mol. The van der Waals surface area contributed by atoms with Crippen LogP contribution in [-0.2, 0) is 11.2 Å². The van der Waals surface area contributed by atoms with Gasteiger partial charge in [0.05, 0.1) is 5.69 Å². The van der Waals surface area contributed by atoms with Gasteiger partial charge in [0.15, 0.2) is 16.7 Å². The van der Waals surface area contributed by atoms with Crippen LogP contribution >= 0.6 is 24.2 Å². The number of benzene rings is 2. The maximum Gasteiger partial charge on any atom is 0.163 e. The number of rotatable bonds is 3. The monoisotopic (exact) mass is 420 g/mol. The van der Waals surface area contributed by atoms with Gasteiger partial charge < -0.3 is 15.2 Å². The highest BCUT2D eigenvalue weighted by Gasteiger charge is 2.16. The van der Waals surface area contributed by atoms with Crippen molar-refractivity contribution in [2.24, 2.45) is 10.7 Å². The molecule has 1 aliphatic rings. The summed E-state index contributed by atoms with van der Waals surface area (Å²) < 4.78 is 11.1. The van der Waals surface area contributed by atoms with Crippen LogP contribution in [0, 0.1) is 13.8 Å². The molecule has 2 N–H and O–H groups in total. The smallest absolute Gasteiger partial charge is 0.163 e. The van der Waals surface area contributed by atoms with Crippen molar-refractivity contribution < 1.29 is 9.47 Å². The molecule has 0 unspecified atom stereocenters. The minimum Gasteiger partial charge on any atom is -0.486 e. The maximum absolute atomic E-state index is 6.17. The van der Waals surface area contributed by atoms with Crippen molar-refractivity contribution in [2.75, 3.05) is 13.2 Å². The fraction of sp³-hybridized carbons (Fsp3) is 0.409. The largest absolute Gasteiger partial charge is 0.486 e. The summed E-state index contributed by atoms with van der Waals surface area (Å²) in [7, 11) is 0. The van der Waals surface area contributed by atoms with Crippen molar-refractivity contribution in [1.29, 1.82) is 0 Å². The van der Waals surface area contributed by atoms with Crippen molar-refractivity contribution in [2.45, 2.75) is 45.8 Å². The Balaban J connectivity index is 0.00000280. The Kier molecular flexibility index (Phi) is 7.29. The standard InChI is InChI=1S/C22H28N2O2S.ClH/c1-14-10-16(22(3,4)5)11-15(2)18(14)13-27-21(23)24-17-6-7-19-20(12-17)26-9-8-25-19;/h6-7,10-12H,8-9,13H2,1-5H3,(H2,23,24);1H. The number of fused-ring (bicyclic) bond motifs is 1. The quantitative estimate of drug-likeness (QED) is 0.513. The van der Waals surface area contributed by atoms with Gasteiger partial charge in [0, 0.05) is 11.8 Å². The van der Waals surface area contributed by atoms with E-state index < -0.39 is 0 Å². The molecule has 0 fully saturated rings. The molecule has 1 aliphatic heterocycles. The molecule has 28 heavy (non-hydrogen) atoms. The highest BCUT2D eigenvalue weighted by molar-refractivity contribution is 8.13. The number of aryl methyl sites for hydroxylation is 2. The van der Waals surface area contributed by atoms with E-state index in [0.717, 1.165) is 22.9 Å². The van der Waals surface area contributed by atoms with Crippen molar-refractivity contribution in [3.05, 3.63) is 52.6 Å². The second-order valence-corrected chi connectivity index (χ2v) is 8.90. The van der Waals surface area contributed by atoms with Gasteiger partial charge in [-0.2, -0.15) is 0 Å². The van der Waals surface area contributed by atoms with Crippen LogP contribution < -0.4 is 15.2 Å². The first-order chi connectivity index (χ1) is 12.7. The fourth-order valence-corrected chi connectivity index (χ4v) is 3.98. The Morgan fingerprint density at radius 3 is 2.25 bits per heavy atom. The first kappa shape index (κ1) is 22.4. The lowest BCUT2D eigenvalue weighted by molar-refractivity contribution is 0.171. The number of ether oxygens (including phenoxy) is 2. The summed E-state index contributed by atoms with van der Waals surface area (Å²) >= 11 is 1.56. The van der Waals surface area contributed by atoms with E-state index in [4.69, 9.17) is 15.2 Å². The Morgan fingerprint density at radius 1 is 1.04 bits per heavy atom. The molecule has 0 atom stereocenters. The molecule has 0 radical (unpaired) electrons. The molecule has 6 heteroatoms. The number of aliphatic imine (C=N–C) groups is 1. The molecule has 0 amide bonds. The first-order valence-electron chi connectivity index (χ1n) is 9.21. The predicted octanol–water partition coefficient (Wildman–Crippen LogP) is 5.67. The summed E-state index contributed by atoms with van der Waals surface area (Å²) in [6.07, 6.45) is 0. The third kappa shape index (κ3) is 5.36. The molecule has 2 aromatic rings. The summed E-state index contributed by atoms with van der Waals surface area (Å²) in [6, 6.07) is 10.2. The number of hydrogen-bond donors (Lipinski definition) is 1. The lowest BCUT2D eigenvalue weighted by Crippen LogP contribution is -2.15. The number of amidine groups is 1. The summed E-state index contributed by atoms with van der Waals surface area (Å²) in [6.45, 7) is 12.2. The van der Waals surface area contributed by atoms with E-state index in [-0.39, 0.29) is 17.8 Å². The third-order valence-corrected chi connectivity index (χ3v) is 5.51. The molecule has 0 saturated heterocycles. The van der Waals surface area contributed by atoms with E-state index in [0.29, 0.717) is 18.4 Å². The van der Waals surface area contributed by atoms with Gasteiger partial charge in [-0.3, -0.25) is 0 Å². The summed E-state index contributed by atoms with van der Waals surface area (Å²) in [5.41, 5.74) is 12.4. The van der Waals surface area contributed by atoms with Crippen molar-refractivity contribution >= 4 is 35.0 Å². The van der Waals surface area contributed by atoms with E-state index >= 15 is 0 Å². The number of thioether (sulfide) groups is 1. The maximum atomic E-state index is 6.17. The Hall–Kier alpha value is -1.85. The van der Waals surface area contributed by atoms with Gasteiger partial charge in [-0.05, 0) is 53.6 Å². The highest BCUT2D eigenvalue weighted by Crippen LogP contribution is 2.34. The number of nitrogens with two attached hydrogens (primary N) is 1. The molecule has 152 valence electrons. The third-order valence-electron chi connectivity index (χ3n) is 4.69. The second-order valence-electron chi connectivity index (χ2n) is 7.91. The Morgan fingerprint density at radius 2 is 1.64 bits per heavy atom. The minimum atomic E-state index is 0. The van der Waals surface area contributed by atoms with Crippen LogP contribution in [0.4, 0.5) is 5.69 Å². The van der Waals surface area contributed by atoms with E-state index in [2.05, 4.69) is 51.7 Å². The Bertz CT molecular complexity index is 852. The number of hydrogen-bond acceptors (Lipinski definition) is 4. The van der Waals surface area contributed by atoms with Gasteiger partial charge in [-0.25, -0.2) is 4.99 Å². The molecule has 0 saturated carbocycles. The molecule has 0 aliphatic carbocycles. The molecule has 0 bridgehead atoms. The summed E-state index contributed by atoms with van der Waals surface area (Å²) in [5.74, 6) is 2.29. The van der Waals surface area contributed by atoms with Gasteiger partial charge in [0.1, 0.15) is 13.2 Å². The summed E-state index contributed by atoms with van der Waals surface area (Å²) in [4.78, 5) is 4.52. The SMILES string of the molecule is Cc1cc(C(C)(C)C)cc(C)c1CSC(N)=Nc1ccc2c(c1)OCCO2.Cl. The number of nitrogens with zero attached hydrogens (tertiary/aromatic N) is 1. The highest BCUT2D eigenvalue weighted by atomic mass is 35.5. The molecular formula is C22H29ClN2O2S. The molecule has 0 aromatic heterocycles. The Labute approximate surface area is 178 Å². The van der Waals surface area contributed by atoms with E-state index in [1.54, 1.807) is 11.8 Å². The lowest BCUT2D eigenvalue weighted by atomic mass is 9.84. The van der Waals surface area contributed by atoms with E-state index in [1.807, 2.05) is 18.2 Å². The molecular weight excluding hydrogens is 392 g/mol. The molecule has 0 spiro atoms. The van der Waals surface area contributed by atoms with Crippen LogP contribution in [0.3, 0.4) is 0 Å². The summed E-state index contributed by atoms with van der Waals surface area (Å²) in [5, 5.41) is 0.547. The van der Waals surface area contributed by atoms with Gasteiger partial charge in [0.25, 0.3) is 0 Å². The zero-order valence-electron chi connectivity index (χ0n) is 17.2. The van der Waals surface area contributed by atoms with Gasteiger partial charge in [0.2, 0.25) is 0 Å². The zero-order chi connectivity index (χ0) is 19.6. The minimum absolute atomic E-state index is 0. The second kappa shape index (κ2) is 9.10. The van der Waals surface area contributed by atoms with E-state index in [9.17, 15) is 0 Å². The normalized spacial score (nSPS) is 13.8. The van der Waals surface area contributed by atoms with Crippen LogP contribution in [-0.4, -0.2) is 18.4 Å². The molecule has 2 aromatic carbocycles. The molecule has 3 rings (SSSR count). The lowest BCUT2D eigenvalue weighted by Gasteiger charge is -2.22. The topological polar surface area (TPSA) is 56.8 Å². The van der Waals surface area contributed by atoms with E-state index in [1.165, 1.54) is 22.3 Å². The van der Waals surface area contributed by atoms with Gasteiger partial charge >= 0.3 is 0 Å². The van der Waals surface area contributed by atoms with Crippen LogP contribution in [0.15, 0.2) is 35.3 Å². The molecule has 4 nitrogen and oxygen atoms in total. The number of halogens is 1. The first-order valence-corrected chi connectivity index (χ1v) is 10.2. The fourth-order valence-electron chi connectivity index (χ4n) is 3.06. The average molecular weight is 421 g/mol. The van der Waals surface area contributed by atoms with Crippen LogP contribution in [0.5, 0.6) is 11.5 Å². The van der Waals surface area contributed by atoms with Gasteiger partial charge in [-0.1, -0.05) is 44.7 Å². The van der Waals surface area contributed by atoms with Crippen LogP contribution in [0.25, 0.3) is 0 Å². The van der Waals surface area contributed by atoms with Crippen molar-refractivity contribution in [3.8, 4) is 11.5 Å². The van der Waals surface area contributed by atoms with Crippen LogP contribution in [0.1, 0.15) is 43.0 Å². The zero-order valence-corrected chi connectivity index (χ0v) is 18.8. The molecule has 1 heterocycles. The average Bonchev–Trinajstić information content (AvgIpc) is 2.60. The van der Waals surface area contributed by atoms with Crippen LogP contribution in [0.2, 0.25) is 0 Å². The van der Waals surface area contributed by atoms with Gasteiger partial charge in [-0.15, -0.1) is 12.4 Å². The van der Waals surface area contributed by atoms with Crippen molar-refractivity contribution in [3.63, 3.8) is 0 Å².